The van der Waals surface area contributed by atoms with Crippen LogP contribution in [0.3, 0.4) is 0 Å². The zero-order valence-corrected chi connectivity index (χ0v) is 16.7. The topological polar surface area (TPSA) is 47.6 Å². The van der Waals surface area contributed by atoms with Crippen LogP contribution in [0.5, 0.6) is 11.5 Å². The van der Waals surface area contributed by atoms with Crippen molar-refractivity contribution in [2.45, 2.75) is 37.6 Å². The van der Waals surface area contributed by atoms with Crippen molar-refractivity contribution in [3.8, 4) is 11.5 Å². The summed E-state index contributed by atoms with van der Waals surface area (Å²) in [5, 5.41) is 3.12. The highest BCUT2D eigenvalue weighted by molar-refractivity contribution is 7.99. The van der Waals surface area contributed by atoms with E-state index < -0.39 is 0 Å². The molecule has 1 atom stereocenters. The van der Waals surface area contributed by atoms with Gasteiger partial charge in [0.15, 0.2) is 11.5 Å². The molecule has 140 valence electrons. The summed E-state index contributed by atoms with van der Waals surface area (Å²) in [5.41, 5.74) is 2.26. The Morgan fingerprint density at radius 3 is 2.38 bits per heavy atom. The highest BCUT2D eigenvalue weighted by atomic mass is 32.2. The van der Waals surface area contributed by atoms with E-state index >= 15 is 0 Å². The van der Waals surface area contributed by atoms with E-state index in [0.29, 0.717) is 17.9 Å². The number of carbonyl (C=O) groups is 1. The number of rotatable bonds is 9. The zero-order valence-electron chi connectivity index (χ0n) is 15.9. The van der Waals surface area contributed by atoms with E-state index in [-0.39, 0.29) is 11.9 Å². The molecular formula is C21H27NO3S. The lowest BCUT2D eigenvalue weighted by molar-refractivity contribution is -0.121. The van der Waals surface area contributed by atoms with E-state index in [2.05, 4.69) is 43.4 Å². The van der Waals surface area contributed by atoms with Gasteiger partial charge in [0.2, 0.25) is 5.91 Å². The average molecular weight is 374 g/mol. The van der Waals surface area contributed by atoms with Gasteiger partial charge in [-0.25, -0.2) is 0 Å². The summed E-state index contributed by atoms with van der Waals surface area (Å²) in [6.07, 6.45) is 1.30. The van der Waals surface area contributed by atoms with Crippen molar-refractivity contribution in [1.82, 2.24) is 5.32 Å². The van der Waals surface area contributed by atoms with Crippen LogP contribution in [0.15, 0.2) is 47.4 Å². The number of hydrogen-bond acceptors (Lipinski definition) is 4. The number of aryl methyl sites for hydroxylation is 1. The minimum Gasteiger partial charge on any atom is -0.493 e. The molecule has 0 saturated carbocycles. The number of amides is 1. The van der Waals surface area contributed by atoms with Gasteiger partial charge in [-0.15, -0.1) is 11.8 Å². The van der Waals surface area contributed by atoms with Gasteiger partial charge in [-0.3, -0.25) is 4.79 Å². The highest BCUT2D eigenvalue weighted by Gasteiger charge is 2.15. The fourth-order valence-electron chi connectivity index (χ4n) is 2.65. The molecule has 0 radical (unpaired) electrons. The lowest BCUT2D eigenvalue weighted by Gasteiger charge is -2.19. The van der Waals surface area contributed by atoms with Crippen LogP contribution in [-0.4, -0.2) is 25.9 Å². The monoisotopic (exact) mass is 373 g/mol. The number of thioether (sulfide) groups is 1. The molecule has 0 unspecified atom stereocenters. The maximum Gasteiger partial charge on any atom is 0.221 e. The molecule has 2 aromatic rings. The second-order valence-electron chi connectivity index (χ2n) is 6.05. The summed E-state index contributed by atoms with van der Waals surface area (Å²) in [5.74, 6) is 2.18. The minimum atomic E-state index is -0.0355. The van der Waals surface area contributed by atoms with Crippen LogP contribution in [0.2, 0.25) is 0 Å². The average Bonchev–Trinajstić information content (AvgIpc) is 2.67. The summed E-state index contributed by atoms with van der Waals surface area (Å²) in [7, 11) is 3.23. The number of carbonyl (C=O) groups excluding carboxylic acids is 1. The van der Waals surface area contributed by atoms with Crippen LogP contribution < -0.4 is 14.8 Å². The SMILES string of the molecule is CC[C@@H](NC(=O)CCSc1ccc(C)cc1)c1ccc(OC)c(OC)c1. The molecule has 0 aliphatic carbocycles. The van der Waals surface area contributed by atoms with E-state index in [1.54, 1.807) is 26.0 Å². The number of nitrogens with one attached hydrogen (secondary N) is 1. The minimum absolute atomic E-state index is 0.0355. The van der Waals surface area contributed by atoms with Crippen LogP contribution in [0.25, 0.3) is 0 Å². The third-order valence-corrected chi connectivity index (χ3v) is 5.19. The first-order valence-corrected chi connectivity index (χ1v) is 9.76. The van der Waals surface area contributed by atoms with Crippen LogP contribution in [0.4, 0.5) is 0 Å². The first-order chi connectivity index (χ1) is 12.6. The Labute approximate surface area is 160 Å². The quantitative estimate of drug-likeness (QED) is 0.644. The summed E-state index contributed by atoms with van der Waals surface area (Å²) in [4.78, 5) is 13.5. The first kappa shape index (κ1) is 20.2. The number of ether oxygens (including phenoxy) is 2. The van der Waals surface area contributed by atoms with Crippen molar-refractivity contribution in [2.75, 3.05) is 20.0 Å². The summed E-state index contributed by atoms with van der Waals surface area (Å²) in [6.45, 7) is 4.13. The standard InChI is InChI=1S/C21H27NO3S/c1-5-18(16-8-11-19(24-3)20(14-16)25-4)22-21(23)12-13-26-17-9-6-15(2)7-10-17/h6-11,14,18H,5,12-13H2,1-4H3,(H,22,23)/t18-/m1/s1. The molecule has 5 heteroatoms. The third-order valence-electron chi connectivity index (χ3n) is 4.17. The predicted molar refractivity (Wildman–Crippen MR) is 107 cm³/mol. The molecule has 0 spiro atoms. The van der Waals surface area contributed by atoms with Crippen molar-refractivity contribution < 1.29 is 14.3 Å². The molecule has 0 saturated heterocycles. The molecule has 26 heavy (non-hydrogen) atoms. The van der Waals surface area contributed by atoms with Gasteiger partial charge >= 0.3 is 0 Å². The maximum absolute atomic E-state index is 12.3. The molecule has 0 heterocycles. The van der Waals surface area contributed by atoms with Gasteiger partial charge < -0.3 is 14.8 Å². The maximum atomic E-state index is 12.3. The molecule has 2 rings (SSSR count). The Bertz CT molecular complexity index is 716. The summed E-state index contributed by atoms with van der Waals surface area (Å²) >= 11 is 1.70. The van der Waals surface area contributed by atoms with E-state index in [1.165, 1.54) is 10.5 Å². The molecule has 2 aromatic carbocycles. The largest absolute Gasteiger partial charge is 0.493 e. The highest BCUT2D eigenvalue weighted by Crippen LogP contribution is 2.31. The van der Waals surface area contributed by atoms with Gasteiger partial charge in [-0.05, 0) is 43.2 Å². The molecule has 0 bridgehead atoms. The smallest absolute Gasteiger partial charge is 0.221 e. The van der Waals surface area contributed by atoms with E-state index in [1.807, 2.05) is 18.2 Å². The third kappa shape index (κ3) is 5.70. The molecule has 0 aliphatic rings. The molecule has 1 amide bonds. The lowest BCUT2D eigenvalue weighted by Crippen LogP contribution is -2.28. The van der Waals surface area contributed by atoms with Crippen molar-refractivity contribution in [3.05, 3.63) is 53.6 Å². The first-order valence-electron chi connectivity index (χ1n) is 8.78. The Hall–Kier alpha value is -2.14. The molecule has 1 N–H and O–H groups in total. The van der Waals surface area contributed by atoms with Gasteiger partial charge in [0.1, 0.15) is 0 Å². The van der Waals surface area contributed by atoms with E-state index in [9.17, 15) is 4.79 Å². The normalized spacial score (nSPS) is 11.7. The lowest BCUT2D eigenvalue weighted by atomic mass is 10.0. The Balaban J connectivity index is 1.90. The second-order valence-corrected chi connectivity index (χ2v) is 7.22. The second kappa shape index (κ2) is 10.1. The Morgan fingerprint density at radius 1 is 1.08 bits per heavy atom. The molecule has 0 aromatic heterocycles. The summed E-state index contributed by atoms with van der Waals surface area (Å²) < 4.78 is 10.6. The summed E-state index contributed by atoms with van der Waals surface area (Å²) in [6, 6.07) is 14.1. The van der Waals surface area contributed by atoms with Crippen LogP contribution in [0.1, 0.15) is 36.9 Å². The van der Waals surface area contributed by atoms with E-state index in [4.69, 9.17) is 9.47 Å². The van der Waals surface area contributed by atoms with Crippen molar-refractivity contribution in [1.29, 1.82) is 0 Å². The van der Waals surface area contributed by atoms with Gasteiger partial charge in [0, 0.05) is 17.1 Å². The number of methoxy groups -OCH3 is 2. The molecule has 0 fully saturated rings. The predicted octanol–water partition coefficient (Wildman–Crippen LogP) is 4.76. The molecule has 4 nitrogen and oxygen atoms in total. The number of hydrogen-bond donors (Lipinski definition) is 1. The fourth-order valence-corrected chi connectivity index (χ4v) is 3.50. The van der Waals surface area contributed by atoms with Gasteiger partial charge in [-0.2, -0.15) is 0 Å². The Kier molecular flexibility index (Phi) is 7.85. The molecular weight excluding hydrogens is 346 g/mol. The van der Waals surface area contributed by atoms with Gasteiger partial charge in [-0.1, -0.05) is 30.7 Å². The van der Waals surface area contributed by atoms with Crippen LogP contribution in [-0.2, 0) is 4.79 Å². The van der Waals surface area contributed by atoms with E-state index in [0.717, 1.165) is 17.7 Å². The van der Waals surface area contributed by atoms with Crippen molar-refractivity contribution in [3.63, 3.8) is 0 Å². The zero-order chi connectivity index (χ0) is 18.9. The van der Waals surface area contributed by atoms with Crippen molar-refractivity contribution in [2.24, 2.45) is 0 Å². The van der Waals surface area contributed by atoms with Crippen LogP contribution >= 0.6 is 11.8 Å². The Morgan fingerprint density at radius 2 is 1.77 bits per heavy atom. The number of benzene rings is 2. The van der Waals surface area contributed by atoms with Crippen LogP contribution in [0, 0.1) is 6.92 Å². The van der Waals surface area contributed by atoms with Crippen molar-refractivity contribution >= 4 is 17.7 Å². The van der Waals surface area contributed by atoms with Gasteiger partial charge in [0.25, 0.3) is 0 Å². The fraction of sp³-hybridized carbons (Fsp3) is 0.381. The van der Waals surface area contributed by atoms with Gasteiger partial charge in [0.05, 0.1) is 20.3 Å². The molecule has 0 aliphatic heterocycles.